The summed E-state index contributed by atoms with van der Waals surface area (Å²) in [6.07, 6.45) is 3.85. The number of likely N-dealkylation sites (tertiary alicyclic amines) is 1. The van der Waals surface area contributed by atoms with Gasteiger partial charge in [-0.1, -0.05) is 12.1 Å². The second kappa shape index (κ2) is 6.16. The molecule has 104 valence electrons. The highest BCUT2D eigenvalue weighted by atomic mass is 35.5. The van der Waals surface area contributed by atoms with Crippen molar-refractivity contribution in [1.29, 1.82) is 0 Å². The van der Waals surface area contributed by atoms with Crippen molar-refractivity contribution in [2.75, 3.05) is 12.8 Å². The van der Waals surface area contributed by atoms with Gasteiger partial charge in [0.15, 0.2) is 0 Å². The van der Waals surface area contributed by atoms with Crippen molar-refractivity contribution in [3.63, 3.8) is 0 Å². The Morgan fingerprint density at radius 2 is 2.32 bits per heavy atom. The van der Waals surface area contributed by atoms with Crippen molar-refractivity contribution >= 4 is 30.1 Å². The predicted molar refractivity (Wildman–Crippen MR) is 80.8 cm³/mol. The van der Waals surface area contributed by atoms with E-state index in [1.165, 1.54) is 10.5 Å². The minimum atomic E-state index is 0. The van der Waals surface area contributed by atoms with Gasteiger partial charge < -0.3 is 10.2 Å². The molecular formula is C14H19ClN2OS. The molecule has 2 fully saturated rings. The van der Waals surface area contributed by atoms with Crippen LogP contribution in [0.2, 0.25) is 0 Å². The summed E-state index contributed by atoms with van der Waals surface area (Å²) < 4.78 is 0. The molecule has 5 heteroatoms. The number of amides is 1. The van der Waals surface area contributed by atoms with E-state index in [0.29, 0.717) is 24.4 Å². The van der Waals surface area contributed by atoms with Crippen LogP contribution in [0, 0.1) is 0 Å². The molecule has 0 aliphatic carbocycles. The first-order chi connectivity index (χ1) is 8.78. The van der Waals surface area contributed by atoms with Gasteiger partial charge in [-0.2, -0.15) is 0 Å². The Hall–Kier alpha value is -0.710. The first-order valence-corrected chi connectivity index (χ1v) is 7.66. The smallest absolute Gasteiger partial charge is 0.224 e. The molecule has 2 aliphatic rings. The molecule has 1 amide bonds. The number of fused-ring (bicyclic) bond motifs is 1. The lowest BCUT2D eigenvalue weighted by Gasteiger charge is -2.23. The van der Waals surface area contributed by atoms with Crippen molar-refractivity contribution in [1.82, 2.24) is 10.2 Å². The first-order valence-electron chi connectivity index (χ1n) is 6.44. The minimum absolute atomic E-state index is 0. The Bertz CT molecular complexity index is 469. The Morgan fingerprint density at radius 1 is 1.47 bits per heavy atom. The van der Waals surface area contributed by atoms with Gasteiger partial charge in [-0.25, -0.2) is 0 Å². The number of hydrogen-bond acceptors (Lipinski definition) is 3. The maximum absolute atomic E-state index is 12.0. The zero-order valence-electron chi connectivity index (χ0n) is 11.0. The van der Waals surface area contributed by atoms with Gasteiger partial charge in [0.25, 0.3) is 0 Å². The van der Waals surface area contributed by atoms with Gasteiger partial charge in [-0.05, 0) is 36.9 Å². The normalized spacial score (nSPS) is 25.3. The highest BCUT2D eigenvalue weighted by molar-refractivity contribution is 7.98. The van der Waals surface area contributed by atoms with E-state index in [1.807, 2.05) is 0 Å². The molecule has 2 atom stereocenters. The SMILES string of the molecule is CSc1cccc(CN2C(=O)C[C@H]3NCC[C@H]32)c1.Cl. The Kier molecular flexibility index (Phi) is 4.76. The number of carbonyl (C=O) groups excluding carboxylic acids is 1. The van der Waals surface area contributed by atoms with Crippen molar-refractivity contribution in [3.05, 3.63) is 29.8 Å². The highest BCUT2D eigenvalue weighted by Crippen LogP contribution is 2.28. The standard InChI is InChI=1S/C14H18N2OS.ClH/c1-18-11-4-2-3-10(7-11)9-16-13-5-6-15-12(13)8-14(16)17;/h2-4,7,12-13,15H,5-6,8-9H2,1H3;1H/t12-,13-;/m1./s1. The number of hydrogen-bond donors (Lipinski definition) is 1. The van der Waals surface area contributed by atoms with Crippen LogP contribution in [-0.2, 0) is 11.3 Å². The molecule has 0 bridgehead atoms. The quantitative estimate of drug-likeness (QED) is 0.869. The number of nitrogens with one attached hydrogen (secondary N) is 1. The van der Waals surface area contributed by atoms with E-state index < -0.39 is 0 Å². The lowest BCUT2D eigenvalue weighted by atomic mass is 10.1. The average Bonchev–Trinajstić information content (AvgIpc) is 2.93. The molecule has 0 spiro atoms. The van der Waals surface area contributed by atoms with E-state index in [4.69, 9.17) is 0 Å². The second-order valence-corrected chi connectivity index (χ2v) is 5.87. The van der Waals surface area contributed by atoms with Crippen LogP contribution in [0.3, 0.4) is 0 Å². The molecule has 0 saturated carbocycles. The fraction of sp³-hybridized carbons (Fsp3) is 0.500. The van der Waals surface area contributed by atoms with Crippen LogP contribution in [-0.4, -0.2) is 35.7 Å². The zero-order valence-corrected chi connectivity index (χ0v) is 12.6. The van der Waals surface area contributed by atoms with E-state index in [1.54, 1.807) is 11.8 Å². The Labute approximate surface area is 124 Å². The van der Waals surface area contributed by atoms with E-state index >= 15 is 0 Å². The third kappa shape index (κ3) is 2.91. The van der Waals surface area contributed by atoms with Crippen LogP contribution < -0.4 is 5.32 Å². The summed E-state index contributed by atoms with van der Waals surface area (Å²) in [5, 5.41) is 3.42. The lowest BCUT2D eigenvalue weighted by molar-refractivity contribution is -0.129. The van der Waals surface area contributed by atoms with Crippen LogP contribution in [0.15, 0.2) is 29.2 Å². The summed E-state index contributed by atoms with van der Waals surface area (Å²) >= 11 is 1.75. The number of carbonyl (C=O) groups is 1. The minimum Gasteiger partial charge on any atom is -0.334 e. The third-order valence-corrected chi connectivity index (χ3v) is 4.64. The van der Waals surface area contributed by atoms with Crippen molar-refractivity contribution < 1.29 is 4.79 Å². The number of halogens is 1. The fourth-order valence-electron chi connectivity index (χ4n) is 3.00. The van der Waals surface area contributed by atoms with E-state index in [-0.39, 0.29) is 12.4 Å². The van der Waals surface area contributed by atoms with Gasteiger partial charge in [-0.15, -0.1) is 24.2 Å². The molecule has 1 N–H and O–H groups in total. The molecule has 1 aromatic carbocycles. The molecule has 2 aliphatic heterocycles. The van der Waals surface area contributed by atoms with Gasteiger partial charge in [-0.3, -0.25) is 4.79 Å². The van der Waals surface area contributed by atoms with Crippen LogP contribution >= 0.6 is 24.2 Å². The number of thioether (sulfide) groups is 1. The van der Waals surface area contributed by atoms with Crippen LogP contribution in [0.1, 0.15) is 18.4 Å². The van der Waals surface area contributed by atoms with Crippen molar-refractivity contribution in [2.24, 2.45) is 0 Å². The molecule has 1 aromatic rings. The van der Waals surface area contributed by atoms with E-state index in [9.17, 15) is 4.79 Å². The van der Waals surface area contributed by atoms with Gasteiger partial charge in [0.2, 0.25) is 5.91 Å². The molecule has 0 radical (unpaired) electrons. The summed E-state index contributed by atoms with van der Waals surface area (Å²) in [5.74, 6) is 0.298. The Morgan fingerprint density at radius 3 is 3.11 bits per heavy atom. The molecule has 2 heterocycles. The summed E-state index contributed by atoms with van der Waals surface area (Å²) in [5.41, 5.74) is 1.24. The van der Waals surface area contributed by atoms with Gasteiger partial charge >= 0.3 is 0 Å². The number of benzene rings is 1. The van der Waals surface area contributed by atoms with Gasteiger partial charge in [0, 0.05) is 29.9 Å². The highest BCUT2D eigenvalue weighted by Gasteiger charge is 2.42. The van der Waals surface area contributed by atoms with E-state index in [2.05, 4.69) is 40.7 Å². The lowest BCUT2D eigenvalue weighted by Crippen LogP contribution is -2.35. The van der Waals surface area contributed by atoms with Crippen LogP contribution in [0.25, 0.3) is 0 Å². The van der Waals surface area contributed by atoms with Crippen LogP contribution in [0.4, 0.5) is 0 Å². The molecule has 0 unspecified atom stereocenters. The topological polar surface area (TPSA) is 32.3 Å². The molecule has 3 rings (SSSR count). The molecular weight excluding hydrogens is 280 g/mol. The number of nitrogens with zero attached hydrogens (tertiary/aromatic N) is 1. The maximum Gasteiger partial charge on any atom is 0.224 e. The third-order valence-electron chi connectivity index (χ3n) is 3.91. The molecule has 19 heavy (non-hydrogen) atoms. The number of rotatable bonds is 3. The monoisotopic (exact) mass is 298 g/mol. The first kappa shape index (κ1) is 14.7. The molecule has 3 nitrogen and oxygen atoms in total. The predicted octanol–water partition coefficient (Wildman–Crippen LogP) is 2.29. The van der Waals surface area contributed by atoms with Crippen LogP contribution in [0.5, 0.6) is 0 Å². The second-order valence-electron chi connectivity index (χ2n) is 4.99. The summed E-state index contributed by atoms with van der Waals surface area (Å²) in [4.78, 5) is 15.4. The summed E-state index contributed by atoms with van der Waals surface area (Å²) in [7, 11) is 0. The largest absolute Gasteiger partial charge is 0.334 e. The van der Waals surface area contributed by atoms with Gasteiger partial charge in [0.1, 0.15) is 0 Å². The summed E-state index contributed by atoms with van der Waals surface area (Å²) in [6, 6.07) is 9.29. The van der Waals surface area contributed by atoms with Crippen molar-refractivity contribution in [2.45, 2.75) is 36.4 Å². The van der Waals surface area contributed by atoms with Gasteiger partial charge in [0.05, 0.1) is 0 Å². The summed E-state index contributed by atoms with van der Waals surface area (Å²) in [6.45, 7) is 1.81. The zero-order chi connectivity index (χ0) is 12.5. The van der Waals surface area contributed by atoms with Crippen molar-refractivity contribution in [3.8, 4) is 0 Å². The average molecular weight is 299 g/mol. The molecule has 2 saturated heterocycles. The van der Waals surface area contributed by atoms with E-state index in [0.717, 1.165) is 19.5 Å². The fourth-order valence-corrected chi connectivity index (χ4v) is 3.48. The molecule has 0 aromatic heterocycles. The Balaban J connectivity index is 0.00000133. The maximum atomic E-state index is 12.0.